The highest BCUT2D eigenvalue weighted by Gasteiger charge is 2.54. The van der Waals surface area contributed by atoms with Crippen molar-refractivity contribution in [3.05, 3.63) is 122 Å². The van der Waals surface area contributed by atoms with Crippen LogP contribution in [0.2, 0.25) is 0 Å². The molecule has 0 aromatic carbocycles. The molecule has 1 fully saturated rings. The second-order valence-corrected chi connectivity index (χ2v) is 19.6. The molecule has 1 aliphatic rings. The van der Waals surface area contributed by atoms with Gasteiger partial charge in [-0.1, -0.05) is 161 Å². The Morgan fingerprint density at radius 1 is 0.514 bits per heavy atom. The van der Waals surface area contributed by atoms with E-state index in [4.69, 9.17) is 18.5 Å². The third kappa shape index (κ3) is 35.5. The van der Waals surface area contributed by atoms with Gasteiger partial charge >= 0.3 is 27.6 Å². The minimum absolute atomic E-state index is 0.00950. The lowest BCUT2D eigenvalue weighted by atomic mass is 9.85. The van der Waals surface area contributed by atoms with Gasteiger partial charge in [-0.2, -0.15) is 0 Å². The Morgan fingerprint density at radius 2 is 0.972 bits per heavy atom. The third-order valence-corrected chi connectivity index (χ3v) is 12.2. The van der Waals surface area contributed by atoms with E-state index in [0.29, 0.717) is 12.8 Å². The normalized spacial score (nSPS) is 22.2. The van der Waals surface area contributed by atoms with Crippen LogP contribution < -0.4 is 0 Å². The number of hydrogen-bond acceptors (Lipinski definition) is 14. The molecule has 0 saturated heterocycles. The SMILES string of the molecule is CC/C=C\C/C=C\C/C=C\C/C=C\C/C=C\C=C/C(O)CCC(=O)OC[C@H](COP(=O)(O)O[C@H]1C(O)C(O)C(O)[C@@H](OP(=O)(O)O)C1O)OC(=O)CCCCCCCC/C=C\C/C=C\C/C=C\C/C=C\CC. The highest BCUT2D eigenvalue weighted by atomic mass is 31.2. The summed E-state index contributed by atoms with van der Waals surface area (Å²) in [4.78, 5) is 54.4. The summed E-state index contributed by atoms with van der Waals surface area (Å²) < 4.78 is 49.3. The maximum atomic E-state index is 13.0. The number of carbonyl (C=O) groups is 2. The number of esters is 2. The molecule has 0 heterocycles. The van der Waals surface area contributed by atoms with Gasteiger partial charge in [0.05, 0.1) is 12.7 Å². The number of ether oxygens (including phenoxy) is 2. The Labute approximate surface area is 427 Å². The van der Waals surface area contributed by atoms with E-state index in [2.05, 4.69) is 110 Å². The number of allylic oxidation sites excluding steroid dienone is 19. The van der Waals surface area contributed by atoms with Crippen LogP contribution in [-0.2, 0) is 41.8 Å². The highest BCUT2D eigenvalue weighted by Crippen LogP contribution is 2.49. The van der Waals surface area contributed by atoms with Crippen molar-refractivity contribution in [3.8, 4) is 0 Å². The first-order valence-electron chi connectivity index (χ1n) is 25.2. The standard InChI is InChI=1S/C53H84O17P2/c1-3-5-7-9-11-13-15-17-19-21-22-23-25-27-29-31-33-35-37-39-47(56)68-45(43-67-72(64,65)70-53-50(59)48(57)49(58)52(51(53)60)69-71(61,62)63)42-66-46(55)41-40-44(54)38-36-34-32-30-28-26-24-20-18-16-14-12-10-8-6-4-2/h5-8,11-14,17-20,22-23,26,28,32,34,36,38,44-45,48-54,57-60H,3-4,9-10,15-16,21,24-25,27,29-31,33,35,37,39-43H2,1-2H3,(H,64,65)(H2,61,62,63)/b7-5-,8-6-,13-11-,14-12-,19-17-,20-18-,23-22-,28-26-,34-32-,38-36-/t44?,45-,48?,49?,50?,51?,52-,53+/m1/s1. The second kappa shape index (κ2) is 41.7. The lowest BCUT2D eigenvalue weighted by molar-refractivity contribution is -0.216. The van der Waals surface area contributed by atoms with E-state index in [1.54, 1.807) is 12.2 Å². The molecular formula is C53H84O17P2. The fourth-order valence-electron chi connectivity index (χ4n) is 6.77. The van der Waals surface area contributed by atoms with Gasteiger partial charge in [0.25, 0.3) is 0 Å². The molecule has 0 aliphatic heterocycles. The van der Waals surface area contributed by atoms with Crippen molar-refractivity contribution in [1.29, 1.82) is 0 Å². The molecule has 9 atom stereocenters. The van der Waals surface area contributed by atoms with Gasteiger partial charge in [-0.25, -0.2) is 9.13 Å². The molecule has 0 aromatic heterocycles. The van der Waals surface area contributed by atoms with E-state index in [1.165, 1.54) is 6.08 Å². The van der Waals surface area contributed by atoms with Gasteiger partial charge in [0.2, 0.25) is 0 Å². The predicted molar refractivity (Wildman–Crippen MR) is 279 cm³/mol. The van der Waals surface area contributed by atoms with Crippen LogP contribution in [0.25, 0.3) is 0 Å². The van der Waals surface area contributed by atoms with Crippen LogP contribution in [0.3, 0.4) is 0 Å². The fourth-order valence-corrected chi connectivity index (χ4v) is 8.31. The lowest BCUT2D eigenvalue weighted by Crippen LogP contribution is -2.64. The maximum absolute atomic E-state index is 13.0. The molecule has 0 spiro atoms. The first-order valence-corrected chi connectivity index (χ1v) is 28.2. The Morgan fingerprint density at radius 3 is 1.49 bits per heavy atom. The number of rotatable bonds is 40. The molecule has 6 unspecified atom stereocenters. The van der Waals surface area contributed by atoms with Crippen molar-refractivity contribution in [2.24, 2.45) is 0 Å². The largest absolute Gasteiger partial charge is 0.472 e. The lowest BCUT2D eigenvalue weighted by Gasteiger charge is -2.43. The minimum atomic E-state index is -5.40. The van der Waals surface area contributed by atoms with Crippen molar-refractivity contribution < 1.29 is 82.0 Å². The van der Waals surface area contributed by atoms with E-state index >= 15 is 0 Å². The summed E-state index contributed by atoms with van der Waals surface area (Å²) in [7, 11) is -10.8. The van der Waals surface area contributed by atoms with Crippen molar-refractivity contribution in [1.82, 2.24) is 0 Å². The molecule has 72 heavy (non-hydrogen) atoms. The number of carbonyl (C=O) groups excluding carboxylic acids is 2. The summed E-state index contributed by atoms with van der Waals surface area (Å²) in [6.07, 6.45) is 38.9. The predicted octanol–water partition coefficient (Wildman–Crippen LogP) is 9.25. The maximum Gasteiger partial charge on any atom is 0.472 e. The number of aliphatic hydroxyl groups excluding tert-OH is 5. The molecule has 0 radical (unpaired) electrons. The van der Waals surface area contributed by atoms with Crippen LogP contribution >= 0.6 is 15.6 Å². The molecule has 8 N–H and O–H groups in total. The summed E-state index contributed by atoms with van der Waals surface area (Å²) >= 11 is 0. The zero-order chi connectivity index (χ0) is 53.3. The smallest absolute Gasteiger partial charge is 0.462 e. The molecule has 1 rings (SSSR count). The molecule has 1 aliphatic carbocycles. The number of hydrogen-bond donors (Lipinski definition) is 8. The van der Waals surface area contributed by atoms with Crippen LogP contribution in [0.4, 0.5) is 0 Å². The quantitative estimate of drug-likeness (QED) is 0.00933. The Hall–Kier alpha value is -3.64. The summed E-state index contributed by atoms with van der Waals surface area (Å²) in [5.74, 6) is -1.52. The zero-order valence-electron chi connectivity index (χ0n) is 42.2. The number of unbranched alkanes of at least 4 members (excludes halogenated alkanes) is 6. The first-order chi connectivity index (χ1) is 34.5. The Kier molecular flexibility index (Phi) is 38.4. The van der Waals surface area contributed by atoms with E-state index in [1.807, 2.05) is 12.2 Å². The van der Waals surface area contributed by atoms with Crippen LogP contribution in [0.1, 0.15) is 136 Å². The number of phosphoric acid groups is 2. The first kappa shape index (κ1) is 66.4. The monoisotopic (exact) mass is 1050 g/mol. The molecular weight excluding hydrogens is 971 g/mol. The van der Waals surface area contributed by atoms with Gasteiger partial charge < -0.3 is 49.7 Å². The molecule has 17 nitrogen and oxygen atoms in total. The topological polar surface area (TPSA) is 276 Å². The van der Waals surface area contributed by atoms with Crippen molar-refractivity contribution in [3.63, 3.8) is 0 Å². The number of phosphoric ester groups is 2. The van der Waals surface area contributed by atoms with Crippen molar-refractivity contribution in [2.45, 2.75) is 185 Å². The van der Waals surface area contributed by atoms with Crippen molar-refractivity contribution in [2.75, 3.05) is 13.2 Å². The molecule has 1 saturated carbocycles. The van der Waals surface area contributed by atoms with Crippen LogP contribution in [0, 0.1) is 0 Å². The molecule has 0 bridgehead atoms. The van der Waals surface area contributed by atoms with E-state index < -0.39 is 89.6 Å². The summed E-state index contributed by atoms with van der Waals surface area (Å²) in [6, 6.07) is 0. The minimum Gasteiger partial charge on any atom is -0.462 e. The Bertz CT molecular complexity index is 1860. The van der Waals surface area contributed by atoms with Gasteiger partial charge in [-0.15, -0.1) is 0 Å². The molecule has 19 heteroatoms. The van der Waals surface area contributed by atoms with Gasteiger partial charge in [-0.05, 0) is 83.5 Å². The van der Waals surface area contributed by atoms with Crippen LogP contribution in [-0.4, -0.2) is 114 Å². The average Bonchev–Trinajstić information content (AvgIpc) is 3.34. The van der Waals surface area contributed by atoms with Crippen LogP contribution in [0.15, 0.2) is 122 Å². The zero-order valence-corrected chi connectivity index (χ0v) is 44.0. The van der Waals surface area contributed by atoms with Gasteiger partial charge in [0.1, 0.15) is 43.2 Å². The van der Waals surface area contributed by atoms with Gasteiger partial charge in [0.15, 0.2) is 6.10 Å². The number of aliphatic hydroxyl groups is 5. The van der Waals surface area contributed by atoms with Crippen LogP contribution in [0.5, 0.6) is 0 Å². The van der Waals surface area contributed by atoms with Gasteiger partial charge in [0, 0.05) is 12.8 Å². The fraction of sp³-hybridized carbons (Fsp3) is 0.585. The van der Waals surface area contributed by atoms with Crippen molar-refractivity contribution >= 4 is 27.6 Å². The van der Waals surface area contributed by atoms with Gasteiger partial charge in [-0.3, -0.25) is 23.2 Å². The van der Waals surface area contributed by atoms with E-state index in [9.17, 15) is 58.9 Å². The second-order valence-electron chi connectivity index (χ2n) is 17.0. The Balaban J connectivity index is 2.67. The summed E-state index contributed by atoms with van der Waals surface area (Å²) in [5, 5.41) is 51.7. The molecule has 0 aromatic rings. The summed E-state index contributed by atoms with van der Waals surface area (Å²) in [5.41, 5.74) is 0. The molecule has 0 amide bonds. The van der Waals surface area contributed by atoms with E-state index in [-0.39, 0.29) is 19.3 Å². The van der Waals surface area contributed by atoms with E-state index in [0.717, 1.165) is 89.9 Å². The third-order valence-electron chi connectivity index (χ3n) is 10.6. The average molecular weight is 1060 g/mol. The molecule has 408 valence electrons. The highest BCUT2D eigenvalue weighted by molar-refractivity contribution is 7.47. The summed E-state index contributed by atoms with van der Waals surface area (Å²) in [6.45, 7) is 2.66.